The van der Waals surface area contributed by atoms with E-state index in [9.17, 15) is 4.79 Å². The lowest BCUT2D eigenvalue weighted by atomic mass is 9.96. The quantitative estimate of drug-likeness (QED) is 0.303. The number of esters is 1. The normalized spacial score (nSPS) is 16.7. The minimum atomic E-state index is -0.239. The zero-order valence-corrected chi connectivity index (χ0v) is 17.8. The minimum absolute atomic E-state index is 0.195. The van der Waals surface area contributed by atoms with E-state index in [1.165, 1.54) is 22.2 Å². The van der Waals surface area contributed by atoms with E-state index in [0.717, 1.165) is 35.9 Å². The minimum Gasteiger partial charge on any atom is -0.465 e. The van der Waals surface area contributed by atoms with Crippen molar-refractivity contribution >= 4 is 45.1 Å². The van der Waals surface area contributed by atoms with E-state index in [-0.39, 0.29) is 17.8 Å². The van der Waals surface area contributed by atoms with E-state index in [1.807, 2.05) is 0 Å². The molecule has 0 fully saturated rings. The van der Waals surface area contributed by atoms with Gasteiger partial charge in [-0.2, -0.15) is 0 Å². The number of aromatic nitrogens is 2. The third-order valence-corrected chi connectivity index (χ3v) is 6.57. The Kier molecular flexibility index (Phi) is 6.94. The van der Waals surface area contributed by atoms with Crippen molar-refractivity contribution < 1.29 is 14.3 Å². The van der Waals surface area contributed by atoms with E-state index in [0.29, 0.717) is 30.1 Å². The Morgan fingerprint density at radius 3 is 2.96 bits per heavy atom. The number of nitrogens with zero attached hydrogens (tertiary/aromatic N) is 2. The molecule has 0 saturated heterocycles. The molecule has 0 bridgehead atoms. The van der Waals surface area contributed by atoms with E-state index in [4.69, 9.17) is 15.2 Å². The maximum Gasteiger partial charge on any atom is 0.316 e. The first kappa shape index (κ1) is 20.4. The number of carbonyl (C=O) groups is 1. The summed E-state index contributed by atoms with van der Waals surface area (Å²) in [5, 5.41) is 1.47. The van der Waals surface area contributed by atoms with Gasteiger partial charge in [-0.15, -0.1) is 11.3 Å². The molecule has 2 N–H and O–H groups in total. The summed E-state index contributed by atoms with van der Waals surface area (Å²) in [4.78, 5) is 22.9. The summed E-state index contributed by atoms with van der Waals surface area (Å²) in [5.74, 6) is 0.895. The lowest BCUT2D eigenvalue weighted by Gasteiger charge is -2.26. The first-order valence-corrected chi connectivity index (χ1v) is 11.3. The van der Waals surface area contributed by atoms with Crippen LogP contribution in [0.2, 0.25) is 0 Å². The molecule has 0 saturated carbocycles. The molecule has 2 aromatic heterocycles. The summed E-state index contributed by atoms with van der Waals surface area (Å²) >= 11 is 2.88. The number of nitrogen functional groups attached to an aromatic ring is 1. The summed E-state index contributed by atoms with van der Waals surface area (Å²) < 4.78 is 11.2. The number of anilines is 1. The van der Waals surface area contributed by atoms with Gasteiger partial charge in [0, 0.05) is 11.3 Å². The van der Waals surface area contributed by atoms with Gasteiger partial charge in [-0.25, -0.2) is 9.97 Å². The lowest BCUT2D eigenvalue weighted by Crippen LogP contribution is -2.26. The van der Waals surface area contributed by atoms with Crippen LogP contribution in [0, 0.1) is 5.92 Å². The van der Waals surface area contributed by atoms with Crippen LogP contribution < -0.4 is 5.73 Å². The van der Waals surface area contributed by atoms with Gasteiger partial charge in [0.25, 0.3) is 0 Å². The average Bonchev–Trinajstić information content (AvgIpc) is 3.01. The molecule has 27 heavy (non-hydrogen) atoms. The molecule has 0 aromatic carbocycles. The van der Waals surface area contributed by atoms with E-state index >= 15 is 0 Å². The molecule has 148 valence electrons. The van der Waals surface area contributed by atoms with Gasteiger partial charge in [0.2, 0.25) is 0 Å². The van der Waals surface area contributed by atoms with Gasteiger partial charge in [0.05, 0.1) is 30.5 Å². The first-order chi connectivity index (χ1) is 13.0. The highest BCUT2D eigenvalue weighted by molar-refractivity contribution is 7.99. The topological polar surface area (TPSA) is 87.3 Å². The zero-order valence-electron chi connectivity index (χ0n) is 16.1. The van der Waals surface area contributed by atoms with Crippen molar-refractivity contribution in [3.05, 3.63) is 10.4 Å². The summed E-state index contributed by atoms with van der Waals surface area (Å²) in [6.45, 7) is 7.53. The highest BCUT2D eigenvalue weighted by atomic mass is 32.2. The smallest absolute Gasteiger partial charge is 0.316 e. The third-order valence-electron chi connectivity index (χ3n) is 4.65. The van der Waals surface area contributed by atoms with E-state index in [2.05, 4.69) is 30.7 Å². The third kappa shape index (κ3) is 4.92. The van der Waals surface area contributed by atoms with Gasteiger partial charge in [0.1, 0.15) is 10.6 Å². The van der Waals surface area contributed by atoms with Crippen molar-refractivity contribution in [3.8, 4) is 0 Å². The van der Waals surface area contributed by atoms with Gasteiger partial charge in [0.15, 0.2) is 5.16 Å². The molecule has 6 nitrogen and oxygen atoms in total. The van der Waals surface area contributed by atoms with Crippen LogP contribution in [0.4, 0.5) is 5.82 Å². The van der Waals surface area contributed by atoms with Crippen LogP contribution in [-0.2, 0) is 27.3 Å². The van der Waals surface area contributed by atoms with Crippen molar-refractivity contribution in [2.45, 2.75) is 64.3 Å². The first-order valence-electron chi connectivity index (χ1n) is 9.47. The Morgan fingerprint density at radius 1 is 1.41 bits per heavy atom. The highest BCUT2D eigenvalue weighted by Crippen LogP contribution is 2.39. The number of carbonyl (C=O) groups excluding carboxylic acids is 1. The number of rotatable bonds is 8. The zero-order chi connectivity index (χ0) is 19.4. The van der Waals surface area contributed by atoms with Gasteiger partial charge in [-0.1, -0.05) is 45.4 Å². The predicted molar refractivity (Wildman–Crippen MR) is 110 cm³/mol. The second kappa shape index (κ2) is 9.21. The molecule has 0 spiro atoms. The molecule has 3 rings (SSSR count). The molecule has 2 aromatic rings. The lowest BCUT2D eigenvalue weighted by molar-refractivity contribution is -0.140. The summed E-state index contributed by atoms with van der Waals surface area (Å²) in [6.07, 6.45) is 4.12. The second-order valence-electron chi connectivity index (χ2n) is 7.09. The van der Waals surface area contributed by atoms with Crippen molar-refractivity contribution in [2.24, 2.45) is 5.92 Å². The molecular weight excluding hydrogens is 382 g/mol. The summed E-state index contributed by atoms with van der Waals surface area (Å²) in [7, 11) is 0. The molecule has 1 atom stereocenters. The number of unbranched alkanes of at least 4 members (excludes halogenated alkanes) is 2. The molecule has 0 amide bonds. The Labute approximate surface area is 168 Å². The number of nitrogens with two attached hydrogens (primary N) is 1. The predicted octanol–water partition coefficient (Wildman–Crippen LogP) is 4.20. The largest absolute Gasteiger partial charge is 0.465 e. The second-order valence-corrected chi connectivity index (χ2v) is 9.12. The van der Waals surface area contributed by atoms with Crippen LogP contribution in [0.1, 0.15) is 50.5 Å². The van der Waals surface area contributed by atoms with Crippen LogP contribution in [0.25, 0.3) is 10.2 Å². The van der Waals surface area contributed by atoms with Crippen molar-refractivity contribution in [1.82, 2.24) is 9.97 Å². The van der Waals surface area contributed by atoms with E-state index < -0.39 is 0 Å². The molecule has 0 aliphatic carbocycles. The number of ether oxygens (including phenoxy) is 2. The van der Waals surface area contributed by atoms with E-state index in [1.54, 1.807) is 11.3 Å². The number of hydrogen-bond donors (Lipinski definition) is 1. The Bertz CT molecular complexity index is 807. The fourth-order valence-electron chi connectivity index (χ4n) is 3.08. The summed E-state index contributed by atoms with van der Waals surface area (Å²) in [6, 6.07) is 0. The van der Waals surface area contributed by atoms with Crippen LogP contribution in [0.3, 0.4) is 0 Å². The summed E-state index contributed by atoms with van der Waals surface area (Å²) in [5.41, 5.74) is 7.48. The van der Waals surface area contributed by atoms with Crippen LogP contribution >= 0.6 is 23.1 Å². The van der Waals surface area contributed by atoms with Crippen molar-refractivity contribution in [3.63, 3.8) is 0 Å². The maximum absolute atomic E-state index is 11.8. The Hall–Kier alpha value is -1.38. The monoisotopic (exact) mass is 409 g/mol. The average molecular weight is 410 g/mol. The van der Waals surface area contributed by atoms with Gasteiger partial charge in [-0.3, -0.25) is 4.79 Å². The molecular formula is C19H27N3O3S2. The van der Waals surface area contributed by atoms with Gasteiger partial charge >= 0.3 is 5.97 Å². The van der Waals surface area contributed by atoms with Crippen LogP contribution in [-0.4, -0.2) is 34.4 Å². The van der Waals surface area contributed by atoms with Crippen LogP contribution in [0.5, 0.6) is 0 Å². The van der Waals surface area contributed by atoms with Gasteiger partial charge < -0.3 is 15.2 Å². The molecule has 3 heterocycles. The Morgan fingerprint density at radius 2 is 2.22 bits per heavy atom. The van der Waals surface area contributed by atoms with Crippen molar-refractivity contribution in [2.75, 3.05) is 18.1 Å². The van der Waals surface area contributed by atoms with Gasteiger partial charge in [-0.05, 0) is 17.9 Å². The Balaban J connectivity index is 1.68. The number of thiophene rings is 1. The highest BCUT2D eigenvalue weighted by Gasteiger charge is 2.27. The molecule has 0 radical (unpaired) electrons. The van der Waals surface area contributed by atoms with Crippen molar-refractivity contribution in [1.29, 1.82) is 0 Å². The number of thioether (sulfide) groups is 1. The molecule has 8 heteroatoms. The van der Waals surface area contributed by atoms with Crippen LogP contribution in [0.15, 0.2) is 5.16 Å². The standard InChI is InChI=1S/C19H27N3O3S2/c1-4-5-6-7-24-15(23)10-26-19-21-17(20)16-12-8-13(11(2)3)25-9-14(12)27-18(16)22-19/h11,13H,4-10H2,1-3H3,(H2,20,21,22). The fourth-order valence-corrected chi connectivity index (χ4v) is 4.92. The number of hydrogen-bond acceptors (Lipinski definition) is 8. The maximum atomic E-state index is 11.8. The molecule has 1 aliphatic rings. The molecule has 1 aliphatic heterocycles. The fraction of sp³-hybridized carbons (Fsp3) is 0.632. The number of fused-ring (bicyclic) bond motifs is 3. The molecule has 1 unspecified atom stereocenters. The SMILES string of the molecule is CCCCCOC(=O)CSc1nc(N)c2c3c(sc2n1)COC(C(C)C)C3.